The number of nitro groups is 1. The minimum Gasteiger partial charge on any atom is -0.407 e. The molecule has 0 aliphatic carbocycles. The second kappa shape index (κ2) is 8.15. The Balaban J connectivity index is 1.29. The summed E-state index contributed by atoms with van der Waals surface area (Å²) in [5, 5.41) is 21.8. The van der Waals surface area contributed by atoms with Gasteiger partial charge >= 0.3 is 5.76 Å². The van der Waals surface area contributed by atoms with Gasteiger partial charge < -0.3 is 9.73 Å². The van der Waals surface area contributed by atoms with Crippen LogP contribution in [0.25, 0.3) is 16.7 Å². The quantitative estimate of drug-likeness (QED) is 0.344. The maximum atomic E-state index is 12.1. The lowest BCUT2D eigenvalue weighted by Crippen LogP contribution is -2.26. The minimum atomic E-state index is -0.607. The summed E-state index contributed by atoms with van der Waals surface area (Å²) in [5.41, 5.74) is 1.22. The van der Waals surface area contributed by atoms with E-state index in [2.05, 4.69) is 15.5 Å². The number of oxazole rings is 1. The number of nitrogens with zero attached hydrogens (tertiary/aromatic N) is 5. The van der Waals surface area contributed by atoms with Crippen LogP contribution < -0.4 is 11.1 Å². The Morgan fingerprint density at radius 2 is 2.10 bits per heavy atom. The van der Waals surface area contributed by atoms with E-state index in [0.717, 1.165) is 11.5 Å². The Hall–Kier alpha value is -4.02. The van der Waals surface area contributed by atoms with Crippen LogP contribution in [-0.2, 0) is 17.8 Å². The summed E-state index contributed by atoms with van der Waals surface area (Å²) < 4.78 is 8.31. The molecule has 1 N–H and O–H groups in total. The zero-order chi connectivity index (χ0) is 21.1. The molecule has 0 atom stereocenters. The van der Waals surface area contributed by atoms with Crippen LogP contribution in [0.15, 0.2) is 51.8 Å². The van der Waals surface area contributed by atoms with Gasteiger partial charge in [0.1, 0.15) is 5.82 Å². The summed E-state index contributed by atoms with van der Waals surface area (Å²) in [4.78, 5) is 34.4. The van der Waals surface area contributed by atoms with Gasteiger partial charge in [-0.05, 0) is 24.6 Å². The van der Waals surface area contributed by atoms with Gasteiger partial charge in [0.05, 0.1) is 16.5 Å². The number of pyridine rings is 1. The number of fused-ring (bicyclic) bond motifs is 2. The molecule has 0 radical (unpaired) electrons. The molecule has 0 saturated heterocycles. The first-order chi connectivity index (χ1) is 14.5. The molecule has 4 aromatic rings. The molecule has 4 rings (SSSR count). The Bertz CT molecular complexity index is 1290. The maximum absolute atomic E-state index is 12.1. The average molecular weight is 410 g/mol. The van der Waals surface area contributed by atoms with E-state index in [1.165, 1.54) is 22.8 Å². The minimum absolute atomic E-state index is 0.139. The highest BCUT2D eigenvalue weighted by Crippen LogP contribution is 2.20. The van der Waals surface area contributed by atoms with Crippen LogP contribution in [0.4, 0.5) is 5.69 Å². The fourth-order valence-corrected chi connectivity index (χ4v) is 3.24. The third kappa shape index (κ3) is 3.90. The SMILES string of the molecule is O=C(CCCn1c(=O)oc2cc([N+](=O)[O-])ccc21)NCCc1nnc2ccccn12. The van der Waals surface area contributed by atoms with Gasteiger partial charge in [-0.2, -0.15) is 0 Å². The largest absolute Gasteiger partial charge is 0.419 e. The van der Waals surface area contributed by atoms with Gasteiger partial charge in [0.2, 0.25) is 5.91 Å². The van der Waals surface area contributed by atoms with E-state index >= 15 is 0 Å². The third-order valence-electron chi connectivity index (χ3n) is 4.70. The topological polar surface area (TPSA) is 138 Å². The van der Waals surface area contributed by atoms with Crippen LogP contribution in [0.3, 0.4) is 0 Å². The maximum Gasteiger partial charge on any atom is 0.419 e. The highest BCUT2D eigenvalue weighted by Gasteiger charge is 2.14. The molecule has 3 heterocycles. The molecule has 0 bridgehead atoms. The van der Waals surface area contributed by atoms with Crippen molar-refractivity contribution in [2.75, 3.05) is 6.54 Å². The fourth-order valence-electron chi connectivity index (χ4n) is 3.24. The lowest BCUT2D eigenvalue weighted by atomic mass is 10.2. The number of hydrogen-bond acceptors (Lipinski definition) is 7. The molecular weight excluding hydrogens is 392 g/mol. The molecule has 0 saturated carbocycles. The number of amides is 1. The van der Waals surface area contributed by atoms with E-state index in [9.17, 15) is 19.7 Å². The van der Waals surface area contributed by atoms with E-state index in [-0.39, 0.29) is 30.1 Å². The highest BCUT2D eigenvalue weighted by atomic mass is 16.6. The van der Waals surface area contributed by atoms with Crippen molar-refractivity contribution in [1.82, 2.24) is 24.5 Å². The molecular formula is C19H18N6O5. The number of hydrogen-bond donors (Lipinski definition) is 1. The van der Waals surface area contributed by atoms with E-state index in [4.69, 9.17) is 4.42 Å². The van der Waals surface area contributed by atoms with Crippen molar-refractivity contribution in [1.29, 1.82) is 0 Å². The number of aromatic nitrogens is 4. The van der Waals surface area contributed by atoms with Crippen molar-refractivity contribution < 1.29 is 14.1 Å². The molecule has 11 heteroatoms. The Labute approximate surface area is 169 Å². The summed E-state index contributed by atoms with van der Waals surface area (Å²) in [6, 6.07) is 9.63. The van der Waals surface area contributed by atoms with Crippen LogP contribution in [0.1, 0.15) is 18.7 Å². The van der Waals surface area contributed by atoms with Crippen molar-refractivity contribution in [2.45, 2.75) is 25.8 Å². The predicted octanol–water partition coefficient (Wildman–Crippen LogP) is 1.68. The van der Waals surface area contributed by atoms with Crippen LogP contribution in [0.5, 0.6) is 0 Å². The first kappa shape index (κ1) is 19.3. The molecule has 0 unspecified atom stereocenters. The normalized spacial score (nSPS) is 11.2. The third-order valence-corrected chi connectivity index (χ3v) is 4.70. The Morgan fingerprint density at radius 1 is 1.23 bits per heavy atom. The van der Waals surface area contributed by atoms with Gasteiger partial charge in [-0.15, -0.1) is 10.2 Å². The summed E-state index contributed by atoms with van der Waals surface area (Å²) >= 11 is 0. The zero-order valence-corrected chi connectivity index (χ0v) is 15.9. The van der Waals surface area contributed by atoms with Crippen LogP contribution in [0.2, 0.25) is 0 Å². The molecule has 0 aliphatic rings. The van der Waals surface area contributed by atoms with E-state index in [1.807, 2.05) is 28.8 Å². The van der Waals surface area contributed by atoms with Crippen LogP contribution >= 0.6 is 0 Å². The molecule has 0 aliphatic heterocycles. The number of nitrogens with one attached hydrogen (secondary N) is 1. The number of rotatable bonds is 8. The van der Waals surface area contributed by atoms with Crippen LogP contribution in [-0.4, -0.2) is 36.5 Å². The Kier molecular flexibility index (Phi) is 5.24. The van der Waals surface area contributed by atoms with Crippen molar-refractivity contribution in [3.8, 4) is 0 Å². The van der Waals surface area contributed by atoms with Gasteiger partial charge in [-0.1, -0.05) is 6.07 Å². The summed E-state index contributed by atoms with van der Waals surface area (Å²) in [6.45, 7) is 0.693. The molecule has 0 fully saturated rings. The lowest BCUT2D eigenvalue weighted by Gasteiger charge is -2.05. The molecule has 1 amide bonds. The highest BCUT2D eigenvalue weighted by molar-refractivity contribution is 5.76. The fraction of sp³-hybridized carbons (Fsp3) is 0.263. The van der Waals surface area contributed by atoms with E-state index in [0.29, 0.717) is 24.9 Å². The first-order valence-electron chi connectivity index (χ1n) is 9.36. The number of nitro benzene ring substituents is 1. The summed E-state index contributed by atoms with van der Waals surface area (Å²) in [7, 11) is 0. The number of carbonyl (C=O) groups is 1. The summed E-state index contributed by atoms with van der Waals surface area (Å²) in [6.07, 6.45) is 3.06. The second-order valence-corrected chi connectivity index (χ2v) is 6.68. The van der Waals surface area contributed by atoms with Gasteiger partial charge in [0.15, 0.2) is 11.2 Å². The van der Waals surface area contributed by atoms with Gasteiger partial charge in [0, 0.05) is 38.2 Å². The number of benzene rings is 1. The van der Waals surface area contributed by atoms with Crippen LogP contribution in [0, 0.1) is 10.1 Å². The van der Waals surface area contributed by atoms with E-state index < -0.39 is 10.7 Å². The van der Waals surface area contributed by atoms with E-state index in [1.54, 1.807) is 0 Å². The Morgan fingerprint density at radius 3 is 2.93 bits per heavy atom. The molecule has 0 spiro atoms. The van der Waals surface area contributed by atoms with Gasteiger partial charge in [-0.3, -0.25) is 23.9 Å². The first-order valence-corrected chi connectivity index (χ1v) is 9.36. The smallest absolute Gasteiger partial charge is 0.407 e. The number of non-ortho nitro benzene ring substituents is 1. The van der Waals surface area contributed by atoms with Crippen molar-refractivity contribution in [3.63, 3.8) is 0 Å². The molecule has 3 aromatic heterocycles. The molecule has 11 nitrogen and oxygen atoms in total. The predicted molar refractivity (Wildman–Crippen MR) is 106 cm³/mol. The number of carbonyl (C=O) groups excluding carboxylic acids is 1. The number of aryl methyl sites for hydroxylation is 1. The summed E-state index contributed by atoms with van der Waals surface area (Å²) in [5.74, 6) is 0.0151. The lowest BCUT2D eigenvalue weighted by molar-refractivity contribution is -0.384. The molecule has 1 aromatic carbocycles. The van der Waals surface area contributed by atoms with Crippen molar-refractivity contribution >= 4 is 28.3 Å². The second-order valence-electron chi connectivity index (χ2n) is 6.68. The average Bonchev–Trinajstić information content (AvgIpc) is 3.28. The van der Waals surface area contributed by atoms with Gasteiger partial charge in [-0.25, -0.2) is 4.79 Å². The monoisotopic (exact) mass is 410 g/mol. The molecule has 30 heavy (non-hydrogen) atoms. The van der Waals surface area contributed by atoms with Gasteiger partial charge in [0.25, 0.3) is 5.69 Å². The van der Waals surface area contributed by atoms with Crippen molar-refractivity contribution in [2.24, 2.45) is 0 Å². The molecule has 154 valence electrons. The zero-order valence-electron chi connectivity index (χ0n) is 15.9. The van der Waals surface area contributed by atoms with Crippen molar-refractivity contribution in [3.05, 3.63) is 69.1 Å². The standard InChI is InChI=1S/C19H18N6O5/c26-18(20-9-8-17-22-21-16-4-1-2-10-24(16)17)5-3-11-23-14-7-6-13(25(28)29)12-15(14)30-19(23)27/h1-2,4,6-7,10,12H,3,5,8-9,11H2,(H,20,26).